The number of Topliss-reactive ketones (excluding diaryl/α,β-unsaturated/α-hetero) is 1. The van der Waals surface area contributed by atoms with Gasteiger partial charge in [0.05, 0.1) is 12.5 Å². The van der Waals surface area contributed by atoms with E-state index in [1.54, 1.807) is 18.2 Å². The van der Waals surface area contributed by atoms with E-state index in [0.29, 0.717) is 17.0 Å². The lowest BCUT2D eigenvalue weighted by atomic mass is 10.0. The highest BCUT2D eigenvalue weighted by molar-refractivity contribution is 6.05. The molecule has 2 aromatic rings. The number of aromatic nitrogens is 1. The number of hydrogen-bond donors (Lipinski definition) is 1. The van der Waals surface area contributed by atoms with Gasteiger partial charge in [0.1, 0.15) is 11.4 Å². The number of carbonyl (C=O) groups excluding carboxylic acids is 2. The first-order chi connectivity index (χ1) is 11.0. The summed E-state index contributed by atoms with van der Waals surface area (Å²) in [4.78, 5) is 27.5. The summed E-state index contributed by atoms with van der Waals surface area (Å²) in [5.74, 6) is -1.94. The largest absolute Gasteiger partial charge is 0.458 e. The standard InChI is InChI=1S/C16H15N3O4/c1-10(18)11(8-17)13(20)9-22-16(21)7-6-15-19-12-4-2-3-5-14(12)23-15/h2-5,11,18H,6-7,9H2,1H3. The highest BCUT2D eigenvalue weighted by Gasteiger charge is 2.21. The number of benzene rings is 1. The van der Waals surface area contributed by atoms with Gasteiger partial charge in [0.15, 0.2) is 23.9 Å². The normalized spacial score (nSPS) is 11.7. The molecule has 0 saturated carbocycles. The van der Waals surface area contributed by atoms with Crippen LogP contribution in [0.2, 0.25) is 0 Å². The molecule has 0 radical (unpaired) electrons. The van der Waals surface area contributed by atoms with E-state index in [0.717, 1.165) is 0 Å². The predicted octanol–water partition coefficient (Wildman–Crippen LogP) is 2.05. The van der Waals surface area contributed by atoms with Crippen molar-refractivity contribution in [2.24, 2.45) is 5.92 Å². The minimum Gasteiger partial charge on any atom is -0.458 e. The molecule has 0 spiro atoms. The SMILES string of the molecule is CC(=N)C(C#N)C(=O)COC(=O)CCc1nc2ccccc2o1. The quantitative estimate of drug-likeness (QED) is 0.617. The molecule has 0 aliphatic heterocycles. The summed E-state index contributed by atoms with van der Waals surface area (Å²) in [7, 11) is 0. The van der Waals surface area contributed by atoms with Crippen molar-refractivity contribution in [3.8, 4) is 6.07 Å². The Morgan fingerprint density at radius 2 is 2.17 bits per heavy atom. The fourth-order valence-electron chi connectivity index (χ4n) is 1.95. The lowest BCUT2D eigenvalue weighted by molar-refractivity contribution is -0.148. The molecule has 1 aromatic carbocycles. The van der Waals surface area contributed by atoms with Crippen LogP contribution in [-0.2, 0) is 20.7 Å². The summed E-state index contributed by atoms with van der Waals surface area (Å²) in [5, 5.41) is 16.1. The first kappa shape index (κ1) is 16.4. The number of fused-ring (bicyclic) bond motifs is 1. The Balaban J connectivity index is 1.82. The number of aryl methyl sites for hydroxylation is 1. The van der Waals surface area contributed by atoms with Crippen LogP contribution in [0.25, 0.3) is 11.1 Å². The molecule has 2 rings (SSSR count). The van der Waals surface area contributed by atoms with Crippen LogP contribution in [0.4, 0.5) is 0 Å². The van der Waals surface area contributed by atoms with Crippen LogP contribution in [-0.4, -0.2) is 29.1 Å². The first-order valence-corrected chi connectivity index (χ1v) is 6.98. The lowest BCUT2D eigenvalue weighted by Gasteiger charge is -2.07. The summed E-state index contributed by atoms with van der Waals surface area (Å²) < 4.78 is 10.3. The van der Waals surface area contributed by atoms with Gasteiger partial charge in [0.2, 0.25) is 0 Å². The topological polar surface area (TPSA) is 117 Å². The van der Waals surface area contributed by atoms with Gasteiger partial charge in [-0.1, -0.05) is 12.1 Å². The van der Waals surface area contributed by atoms with Crippen LogP contribution in [0.3, 0.4) is 0 Å². The molecular formula is C16H15N3O4. The molecule has 0 aliphatic rings. The van der Waals surface area contributed by atoms with Crippen LogP contribution in [0, 0.1) is 22.7 Å². The van der Waals surface area contributed by atoms with Gasteiger partial charge in [0, 0.05) is 12.1 Å². The van der Waals surface area contributed by atoms with E-state index in [1.807, 2.05) is 12.1 Å². The van der Waals surface area contributed by atoms with Gasteiger partial charge in [-0.05, 0) is 19.1 Å². The van der Waals surface area contributed by atoms with Crippen molar-refractivity contribution in [1.29, 1.82) is 10.7 Å². The summed E-state index contributed by atoms with van der Waals surface area (Å²) in [6.07, 6.45) is 0.272. The molecule has 1 atom stereocenters. The monoisotopic (exact) mass is 313 g/mol. The Kier molecular flexibility index (Phi) is 5.20. The van der Waals surface area contributed by atoms with E-state index >= 15 is 0 Å². The van der Waals surface area contributed by atoms with Crippen molar-refractivity contribution in [2.75, 3.05) is 6.61 Å². The van der Waals surface area contributed by atoms with Gasteiger partial charge >= 0.3 is 5.97 Å². The molecule has 0 saturated heterocycles. The third-order valence-electron chi connectivity index (χ3n) is 3.14. The molecule has 1 aromatic heterocycles. The number of ketones is 1. The second-order valence-corrected chi connectivity index (χ2v) is 4.95. The average molecular weight is 313 g/mol. The molecule has 0 bridgehead atoms. The zero-order valence-electron chi connectivity index (χ0n) is 12.5. The first-order valence-electron chi connectivity index (χ1n) is 6.98. The van der Waals surface area contributed by atoms with Crippen LogP contribution in [0.5, 0.6) is 0 Å². The highest BCUT2D eigenvalue weighted by Crippen LogP contribution is 2.15. The molecule has 7 nitrogen and oxygen atoms in total. The zero-order chi connectivity index (χ0) is 16.8. The Hall–Kier alpha value is -3.01. The van der Waals surface area contributed by atoms with Gasteiger partial charge < -0.3 is 14.6 Å². The third kappa shape index (κ3) is 4.23. The third-order valence-corrected chi connectivity index (χ3v) is 3.14. The van der Waals surface area contributed by atoms with Crippen LogP contribution >= 0.6 is 0 Å². The number of esters is 1. The van der Waals surface area contributed by atoms with E-state index < -0.39 is 24.3 Å². The van der Waals surface area contributed by atoms with Crippen LogP contribution in [0.15, 0.2) is 28.7 Å². The molecule has 0 amide bonds. The van der Waals surface area contributed by atoms with E-state index in [9.17, 15) is 9.59 Å². The maximum absolute atomic E-state index is 11.6. The highest BCUT2D eigenvalue weighted by atomic mass is 16.5. The van der Waals surface area contributed by atoms with E-state index in [2.05, 4.69) is 4.98 Å². The molecule has 1 heterocycles. The van der Waals surface area contributed by atoms with Crippen molar-refractivity contribution in [3.05, 3.63) is 30.2 Å². The minimum absolute atomic E-state index is 0.0148. The van der Waals surface area contributed by atoms with Gasteiger partial charge in [-0.25, -0.2) is 4.98 Å². The van der Waals surface area contributed by atoms with Crippen molar-refractivity contribution >= 4 is 28.6 Å². The average Bonchev–Trinajstić information content (AvgIpc) is 2.94. The number of nitriles is 1. The van der Waals surface area contributed by atoms with E-state index in [-0.39, 0.29) is 18.6 Å². The maximum Gasteiger partial charge on any atom is 0.306 e. The fourth-order valence-corrected chi connectivity index (χ4v) is 1.95. The number of para-hydroxylation sites is 2. The number of rotatable bonds is 7. The molecule has 7 heteroatoms. The van der Waals surface area contributed by atoms with Crippen molar-refractivity contribution in [1.82, 2.24) is 4.98 Å². The molecule has 0 fully saturated rings. The summed E-state index contributed by atoms with van der Waals surface area (Å²) in [5.41, 5.74) is 1.29. The molecule has 0 aliphatic carbocycles. The van der Waals surface area contributed by atoms with E-state index in [1.165, 1.54) is 6.92 Å². The summed E-state index contributed by atoms with van der Waals surface area (Å²) in [6.45, 7) is 0.849. The number of oxazole rings is 1. The van der Waals surface area contributed by atoms with Crippen molar-refractivity contribution < 1.29 is 18.7 Å². The minimum atomic E-state index is -1.17. The van der Waals surface area contributed by atoms with Crippen molar-refractivity contribution in [2.45, 2.75) is 19.8 Å². The van der Waals surface area contributed by atoms with Crippen LogP contribution in [0.1, 0.15) is 19.2 Å². The lowest BCUT2D eigenvalue weighted by Crippen LogP contribution is -2.25. The Labute approximate surface area is 132 Å². The fraction of sp³-hybridized carbons (Fsp3) is 0.312. The summed E-state index contributed by atoms with van der Waals surface area (Å²) >= 11 is 0. The Morgan fingerprint density at radius 1 is 1.43 bits per heavy atom. The second-order valence-electron chi connectivity index (χ2n) is 4.95. The van der Waals surface area contributed by atoms with Gasteiger partial charge in [-0.2, -0.15) is 5.26 Å². The van der Waals surface area contributed by atoms with Crippen molar-refractivity contribution in [3.63, 3.8) is 0 Å². The second kappa shape index (κ2) is 7.31. The smallest absolute Gasteiger partial charge is 0.306 e. The zero-order valence-corrected chi connectivity index (χ0v) is 12.5. The molecule has 1 unspecified atom stereocenters. The van der Waals surface area contributed by atoms with Gasteiger partial charge in [-0.15, -0.1) is 0 Å². The molecule has 118 valence electrons. The number of nitrogens with one attached hydrogen (secondary N) is 1. The van der Waals surface area contributed by atoms with E-state index in [4.69, 9.17) is 19.8 Å². The number of nitrogens with zero attached hydrogens (tertiary/aromatic N) is 2. The summed E-state index contributed by atoms with van der Waals surface area (Å²) in [6, 6.07) is 8.96. The Bertz CT molecular complexity index is 755. The number of ether oxygens (including phenoxy) is 1. The van der Waals surface area contributed by atoms with Gasteiger partial charge in [-0.3, -0.25) is 9.59 Å². The predicted molar refractivity (Wildman–Crippen MR) is 80.8 cm³/mol. The maximum atomic E-state index is 11.6. The van der Waals surface area contributed by atoms with Gasteiger partial charge in [0.25, 0.3) is 0 Å². The molecule has 1 N–H and O–H groups in total. The molecule has 23 heavy (non-hydrogen) atoms. The molecular weight excluding hydrogens is 298 g/mol. The van der Waals surface area contributed by atoms with Crippen LogP contribution < -0.4 is 0 Å². The Morgan fingerprint density at radius 3 is 2.83 bits per heavy atom. The number of carbonyl (C=O) groups is 2. The number of hydrogen-bond acceptors (Lipinski definition) is 7.